The molecule has 0 amide bonds. The van der Waals surface area contributed by atoms with E-state index in [-0.39, 0.29) is 22.8 Å². The van der Waals surface area contributed by atoms with Crippen molar-refractivity contribution in [2.75, 3.05) is 5.75 Å². The van der Waals surface area contributed by atoms with Gasteiger partial charge in [0, 0.05) is 11.3 Å². The van der Waals surface area contributed by atoms with Crippen molar-refractivity contribution in [1.82, 2.24) is 10.1 Å². The van der Waals surface area contributed by atoms with Crippen molar-refractivity contribution in [2.24, 2.45) is 0 Å². The highest BCUT2D eigenvalue weighted by molar-refractivity contribution is 7.85. The fourth-order valence-corrected chi connectivity index (χ4v) is 3.55. The van der Waals surface area contributed by atoms with Gasteiger partial charge in [0.25, 0.3) is 5.89 Å². The Balaban J connectivity index is 1.79. The lowest BCUT2D eigenvalue weighted by molar-refractivity contribution is -0.137. The molecule has 3 aromatic rings. The summed E-state index contributed by atoms with van der Waals surface area (Å²) < 4.78 is 61.2. The maximum absolute atomic E-state index is 12.9. The van der Waals surface area contributed by atoms with Crippen LogP contribution in [-0.2, 0) is 21.7 Å². The maximum Gasteiger partial charge on any atom is 0.416 e. The molecule has 6 nitrogen and oxygen atoms in total. The molecule has 1 heterocycles. The third-order valence-electron chi connectivity index (χ3n) is 4.14. The number of alkyl halides is 3. The highest BCUT2D eigenvalue weighted by Crippen LogP contribution is 2.32. The van der Waals surface area contributed by atoms with Crippen LogP contribution < -0.4 is 0 Å². The first-order chi connectivity index (χ1) is 14.2. The third-order valence-corrected chi connectivity index (χ3v) is 5.51. The SMILES string of the molecule is CCS(=O)c1ccccc1C(=O)OC(C)c1nc(-c2cccc(C(F)(F)F)c2)no1. The van der Waals surface area contributed by atoms with Crippen LogP contribution in [0.2, 0.25) is 0 Å². The summed E-state index contributed by atoms with van der Waals surface area (Å²) >= 11 is 0. The maximum atomic E-state index is 12.9. The summed E-state index contributed by atoms with van der Waals surface area (Å²) in [6.07, 6.45) is -5.47. The number of hydrogen-bond donors (Lipinski definition) is 0. The summed E-state index contributed by atoms with van der Waals surface area (Å²) in [5, 5.41) is 3.68. The molecule has 2 atom stereocenters. The second-order valence-electron chi connectivity index (χ2n) is 6.21. The van der Waals surface area contributed by atoms with Gasteiger partial charge in [-0.2, -0.15) is 18.2 Å². The number of hydrogen-bond acceptors (Lipinski definition) is 6. The van der Waals surface area contributed by atoms with Crippen LogP contribution in [0.1, 0.15) is 41.8 Å². The Morgan fingerprint density at radius 3 is 2.63 bits per heavy atom. The predicted molar refractivity (Wildman–Crippen MR) is 102 cm³/mol. The average molecular weight is 438 g/mol. The molecular formula is C20H17F3N2O4S. The Labute approximate surface area is 172 Å². The number of esters is 1. The van der Waals surface area contributed by atoms with Gasteiger partial charge in [-0.25, -0.2) is 4.79 Å². The number of benzene rings is 2. The molecule has 158 valence electrons. The van der Waals surface area contributed by atoms with Crippen molar-refractivity contribution in [3.05, 3.63) is 65.5 Å². The number of ether oxygens (including phenoxy) is 1. The normalized spacial score (nSPS) is 13.6. The van der Waals surface area contributed by atoms with Gasteiger partial charge in [-0.1, -0.05) is 36.3 Å². The minimum absolute atomic E-state index is 0.0634. The molecular weight excluding hydrogens is 421 g/mol. The van der Waals surface area contributed by atoms with Gasteiger partial charge in [0.15, 0.2) is 6.10 Å². The van der Waals surface area contributed by atoms with Gasteiger partial charge < -0.3 is 9.26 Å². The van der Waals surface area contributed by atoms with E-state index in [4.69, 9.17) is 9.26 Å². The first-order valence-electron chi connectivity index (χ1n) is 8.90. The first kappa shape index (κ1) is 21.7. The summed E-state index contributed by atoms with van der Waals surface area (Å²) in [4.78, 5) is 16.9. The molecule has 0 aliphatic carbocycles. The monoisotopic (exact) mass is 438 g/mol. The highest BCUT2D eigenvalue weighted by atomic mass is 32.2. The van der Waals surface area contributed by atoms with Crippen LogP contribution in [-0.4, -0.2) is 26.1 Å². The molecule has 0 saturated heterocycles. The van der Waals surface area contributed by atoms with Crippen LogP contribution in [0.4, 0.5) is 13.2 Å². The molecule has 0 fully saturated rings. The zero-order valence-corrected chi connectivity index (χ0v) is 16.8. The number of carbonyl (C=O) groups excluding carboxylic acids is 1. The molecule has 0 aliphatic rings. The van der Waals surface area contributed by atoms with Crippen molar-refractivity contribution >= 4 is 16.8 Å². The molecule has 2 unspecified atom stereocenters. The van der Waals surface area contributed by atoms with Crippen LogP contribution in [0.25, 0.3) is 11.4 Å². The Kier molecular flexibility index (Phi) is 6.35. The Morgan fingerprint density at radius 2 is 1.93 bits per heavy atom. The summed E-state index contributed by atoms with van der Waals surface area (Å²) in [5.41, 5.74) is -0.574. The van der Waals surface area contributed by atoms with Gasteiger partial charge in [-0.3, -0.25) is 4.21 Å². The predicted octanol–water partition coefficient (Wildman–Crippen LogP) is 4.80. The standard InChI is InChI=1S/C20H17F3N2O4S/c1-3-30(27)16-10-5-4-9-15(16)19(26)28-12(2)18-24-17(25-29-18)13-7-6-8-14(11-13)20(21,22)23/h4-12H,3H2,1-2H3. The Morgan fingerprint density at radius 1 is 1.20 bits per heavy atom. The number of halogens is 3. The van der Waals surface area contributed by atoms with Crippen LogP contribution >= 0.6 is 0 Å². The van der Waals surface area contributed by atoms with E-state index in [0.29, 0.717) is 10.6 Å². The second kappa shape index (κ2) is 8.78. The van der Waals surface area contributed by atoms with Crippen LogP contribution in [0.15, 0.2) is 57.9 Å². The molecule has 0 N–H and O–H groups in total. The molecule has 30 heavy (non-hydrogen) atoms. The molecule has 2 aromatic carbocycles. The molecule has 3 rings (SSSR count). The molecule has 10 heteroatoms. The zero-order valence-electron chi connectivity index (χ0n) is 16.0. The van der Waals surface area contributed by atoms with Crippen molar-refractivity contribution in [3.8, 4) is 11.4 Å². The molecule has 0 aliphatic heterocycles. The van der Waals surface area contributed by atoms with Gasteiger partial charge >= 0.3 is 12.1 Å². The summed E-state index contributed by atoms with van der Waals surface area (Å²) in [6.45, 7) is 3.22. The average Bonchev–Trinajstić information content (AvgIpc) is 3.23. The lowest BCUT2D eigenvalue weighted by atomic mass is 10.1. The number of rotatable bonds is 6. The number of nitrogens with zero attached hydrogens (tertiary/aromatic N) is 2. The number of carbonyl (C=O) groups is 1. The zero-order chi connectivity index (χ0) is 21.9. The minimum atomic E-state index is -4.50. The van der Waals surface area contributed by atoms with Gasteiger partial charge in [0.2, 0.25) is 5.82 Å². The van der Waals surface area contributed by atoms with E-state index in [1.54, 1.807) is 25.1 Å². The quantitative estimate of drug-likeness (QED) is 0.514. The minimum Gasteiger partial charge on any atom is -0.449 e. The largest absolute Gasteiger partial charge is 0.449 e. The van der Waals surface area contributed by atoms with E-state index in [0.717, 1.165) is 12.1 Å². The third kappa shape index (κ3) is 4.76. The van der Waals surface area contributed by atoms with E-state index >= 15 is 0 Å². The molecule has 0 spiro atoms. The smallest absolute Gasteiger partial charge is 0.416 e. The van der Waals surface area contributed by atoms with Gasteiger partial charge in [0.1, 0.15) is 0 Å². The number of aromatic nitrogens is 2. The van der Waals surface area contributed by atoms with Gasteiger partial charge in [0.05, 0.1) is 26.8 Å². The fraction of sp³-hybridized carbons (Fsp3) is 0.250. The fourth-order valence-electron chi connectivity index (χ4n) is 2.62. The molecule has 0 radical (unpaired) electrons. The van der Waals surface area contributed by atoms with E-state index in [1.807, 2.05) is 0 Å². The van der Waals surface area contributed by atoms with E-state index in [2.05, 4.69) is 10.1 Å². The topological polar surface area (TPSA) is 82.3 Å². The van der Waals surface area contributed by atoms with Crippen molar-refractivity contribution in [1.29, 1.82) is 0 Å². The molecule has 0 bridgehead atoms. The molecule has 0 saturated carbocycles. The lowest BCUT2D eigenvalue weighted by Crippen LogP contribution is -2.12. The van der Waals surface area contributed by atoms with Gasteiger partial charge in [-0.05, 0) is 31.2 Å². The molecule has 1 aromatic heterocycles. The first-order valence-corrected chi connectivity index (χ1v) is 10.2. The summed E-state index contributed by atoms with van der Waals surface area (Å²) in [7, 11) is -1.36. The van der Waals surface area contributed by atoms with Crippen molar-refractivity contribution < 1.29 is 31.4 Å². The van der Waals surface area contributed by atoms with E-state index in [1.165, 1.54) is 25.1 Å². The van der Waals surface area contributed by atoms with Crippen LogP contribution in [0.3, 0.4) is 0 Å². The summed E-state index contributed by atoms with van der Waals surface area (Å²) in [5.74, 6) is -0.529. The second-order valence-corrected chi connectivity index (χ2v) is 7.92. The van der Waals surface area contributed by atoms with E-state index < -0.39 is 34.6 Å². The van der Waals surface area contributed by atoms with E-state index in [9.17, 15) is 22.2 Å². The van der Waals surface area contributed by atoms with Crippen LogP contribution in [0.5, 0.6) is 0 Å². The van der Waals surface area contributed by atoms with Gasteiger partial charge in [-0.15, -0.1) is 0 Å². The van der Waals surface area contributed by atoms with Crippen molar-refractivity contribution in [3.63, 3.8) is 0 Å². The lowest BCUT2D eigenvalue weighted by Gasteiger charge is -2.11. The Bertz CT molecular complexity index is 1080. The summed E-state index contributed by atoms with van der Waals surface area (Å²) in [6, 6.07) is 10.9. The Hall–Kier alpha value is -3.01. The van der Waals surface area contributed by atoms with Crippen molar-refractivity contribution in [2.45, 2.75) is 31.0 Å². The highest BCUT2D eigenvalue weighted by Gasteiger charge is 2.31. The van der Waals surface area contributed by atoms with Crippen LogP contribution in [0, 0.1) is 0 Å².